The Balaban J connectivity index is 1.98. The molecule has 0 fully saturated rings. The summed E-state index contributed by atoms with van der Waals surface area (Å²) < 4.78 is 10.2. The predicted octanol–water partition coefficient (Wildman–Crippen LogP) is 4.22. The second kappa shape index (κ2) is 9.21. The highest BCUT2D eigenvalue weighted by atomic mass is 16.6. The Morgan fingerprint density at radius 1 is 1.30 bits per heavy atom. The van der Waals surface area contributed by atoms with Gasteiger partial charge in [-0.25, -0.2) is 4.79 Å². The summed E-state index contributed by atoms with van der Waals surface area (Å²) in [6, 6.07) is 13.7. The van der Waals surface area contributed by atoms with Gasteiger partial charge in [-0.1, -0.05) is 12.1 Å². The number of rotatable bonds is 7. The van der Waals surface area contributed by atoms with E-state index in [4.69, 9.17) is 14.6 Å². The summed E-state index contributed by atoms with van der Waals surface area (Å²) in [5.41, 5.74) is 3.07. The Morgan fingerprint density at radius 2 is 2.03 bits per heavy atom. The minimum absolute atomic E-state index is 0.0115. The molecule has 1 atom stereocenters. The highest BCUT2D eigenvalue weighted by Gasteiger charge is 2.31. The SMILES string of the molecule is CCOC(=O)/C=C(/C)N1N=C(c2ccc(OC)cc2)C[C@@H]1c1cccc([N+](=O)[O-])c1. The van der Waals surface area contributed by atoms with Gasteiger partial charge in [0.05, 0.1) is 30.4 Å². The lowest BCUT2D eigenvalue weighted by Crippen LogP contribution is -2.19. The fourth-order valence-electron chi connectivity index (χ4n) is 3.32. The van der Waals surface area contributed by atoms with Crippen molar-refractivity contribution in [2.45, 2.75) is 26.3 Å². The topological polar surface area (TPSA) is 94.3 Å². The van der Waals surface area contributed by atoms with Gasteiger partial charge in [-0.05, 0) is 49.2 Å². The molecule has 2 aromatic rings. The third-order valence-electron chi connectivity index (χ3n) is 4.77. The molecule has 8 heteroatoms. The maximum Gasteiger partial charge on any atom is 0.332 e. The van der Waals surface area contributed by atoms with Crippen LogP contribution in [0.3, 0.4) is 0 Å². The van der Waals surface area contributed by atoms with Crippen molar-refractivity contribution in [3.63, 3.8) is 0 Å². The second-order valence-electron chi connectivity index (χ2n) is 6.73. The number of carbonyl (C=O) groups is 1. The number of carbonyl (C=O) groups excluding carboxylic acids is 1. The first kappa shape index (κ1) is 21.0. The van der Waals surface area contributed by atoms with Crippen molar-refractivity contribution >= 4 is 17.4 Å². The van der Waals surface area contributed by atoms with Crippen LogP contribution in [0.5, 0.6) is 5.75 Å². The van der Waals surface area contributed by atoms with Gasteiger partial charge in [0.15, 0.2) is 0 Å². The molecule has 0 spiro atoms. The minimum atomic E-state index is -0.458. The summed E-state index contributed by atoms with van der Waals surface area (Å²) in [6.07, 6.45) is 1.91. The van der Waals surface area contributed by atoms with E-state index in [2.05, 4.69) is 0 Å². The molecule has 1 aliphatic heterocycles. The van der Waals surface area contributed by atoms with Gasteiger partial charge in [0.2, 0.25) is 0 Å². The number of ether oxygens (including phenoxy) is 2. The van der Waals surface area contributed by atoms with Crippen molar-refractivity contribution in [2.24, 2.45) is 5.10 Å². The maximum atomic E-state index is 11.9. The van der Waals surface area contributed by atoms with E-state index in [0.29, 0.717) is 12.1 Å². The Kier molecular flexibility index (Phi) is 6.46. The van der Waals surface area contributed by atoms with Crippen molar-refractivity contribution in [1.29, 1.82) is 0 Å². The molecule has 8 nitrogen and oxygen atoms in total. The van der Waals surface area contributed by atoms with Gasteiger partial charge in [0.25, 0.3) is 5.69 Å². The Morgan fingerprint density at radius 3 is 2.67 bits per heavy atom. The number of nitrogens with zero attached hydrogens (tertiary/aromatic N) is 3. The smallest absolute Gasteiger partial charge is 0.332 e. The molecule has 0 aliphatic carbocycles. The number of hydrogen-bond acceptors (Lipinski definition) is 7. The first-order valence-electron chi connectivity index (χ1n) is 9.53. The van der Waals surface area contributed by atoms with Crippen molar-refractivity contribution in [1.82, 2.24) is 5.01 Å². The first-order chi connectivity index (χ1) is 14.4. The Bertz CT molecular complexity index is 998. The lowest BCUT2D eigenvalue weighted by Gasteiger charge is -2.24. The lowest BCUT2D eigenvalue weighted by molar-refractivity contribution is -0.384. The zero-order chi connectivity index (χ0) is 21.7. The molecule has 0 bridgehead atoms. The first-order valence-corrected chi connectivity index (χ1v) is 9.53. The monoisotopic (exact) mass is 409 g/mol. The average Bonchev–Trinajstić information content (AvgIpc) is 3.20. The number of hydrazone groups is 1. The summed E-state index contributed by atoms with van der Waals surface area (Å²) in [5, 5.41) is 17.7. The fourth-order valence-corrected chi connectivity index (χ4v) is 3.32. The van der Waals surface area contributed by atoms with Crippen LogP contribution in [0.4, 0.5) is 5.69 Å². The molecule has 0 saturated carbocycles. The van der Waals surface area contributed by atoms with Gasteiger partial charge < -0.3 is 9.47 Å². The largest absolute Gasteiger partial charge is 0.497 e. The fraction of sp³-hybridized carbons (Fsp3) is 0.273. The molecule has 30 heavy (non-hydrogen) atoms. The summed E-state index contributed by atoms with van der Waals surface area (Å²) in [7, 11) is 1.60. The van der Waals surface area contributed by atoms with Crippen LogP contribution in [-0.4, -0.2) is 35.3 Å². The summed E-state index contributed by atoms with van der Waals surface area (Å²) in [5.74, 6) is 0.281. The number of methoxy groups -OCH3 is 1. The number of nitro groups is 1. The van der Waals surface area contributed by atoms with Crippen LogP contribution in [0.2, 0.25) is 0 Å². The standard InChI is InChI=1S/C22H23N3O5/c1-4-30-22(26)12-15(2)24-21(17-6-5-7-18(13-17)25(27)28)14-20(23-24)16-8-10-19(29-3)11-9-16/h5-13,21H,4,14H2,1-3H3/b15-12-/t21-/m1/s1. The van der Waals surface area contributed by atoms with Crippen LogP contribution in [0, 0.1) is 10.1 Å². The molecular formula is C22H23N3O5. The van der Waals surface area contributed by atoms with Gasteiger partial charge in [0, 0.05) is 30.3 Å². The Labute approximate surface area is 174 Å². The van der Waals surface area contributed by atoms with E-state index in [-0.39, 0.29) is 18.3 Å². The second-order valence-corrected chi connectivity index (χ2v) is 6.73. The quantitative estimate of drug-likeness (QED) is 0.294. The van der Waals surface area contributed by atoms with Crippen molar-refractivity contribution < 1.29 is 19.2 Å². The van der Waals surface area contributed by atoms with Crippen molar-refractivity contribution in [3.8, 4) is 5.75 Å². The van der Waals surface area contributed by atoms with E-state index in [1.807, 2.05) is 30.3 Å². The van der Waals surface area contributed by atoms with E-state index >= 15 is 0 Å². The zero-order valence-electron chi connectivity index (χ0n) is 17.1. The third-order valence-corrected chi connectivity index (χ3v) is 4.77. The van der Waals surface area contributed by atoms with Crippen molar-refractivity contribution in [2.75, 3.05) is 13.7 Å². The minimum Gasteiger partial charge on any atom is -0.497 e. The molecule has 0 amide bonds. The molecule has 2 aromatic carbocycles. The highest BCUT2D eigenvalue weighted by molar-refractivity contribution is 6.02. The number of non-ortho nitro benzene ring substituents is 1. The highest BCUT2D eigenvalue weighted by Crippen LogP contribution is 2.36. The van der Waals surface area contributed by atoms with Gasteiger partial charge in [0.1, 0.15) is 5.75 Å². The molecule has 0 N–H and O–H groups in total. The third kappa shape index (κ3) is 4.65. The molecule has 1 heterocycles. The van der Waals surface area contributed by atoms with Gasteiger partial charge in [-0.15, -0.1) is 0 Å². The van der Waals surface area contributed by atoms with Crippen LogP contribution in [-0.2, 0) is 9.53 Å². The lowest BCUT2D eigenvalue weighted by atomic mass is 9.98. The van der Waals surface area contributed by atoms with Crippen LogP contribution in [0.25, 0.3) is 0 Å². The summed E-state index contributed by atoms with van der Waals surface area (Å²) >= 11 is 0. The van der Waals surface area contributed by atoms with E-state index in [1.165, 1.54) is 12.1 Å². The van der Waals surface area contributed by atoms with E-state index in [9.17, 15) is 14.9 Å². The molecule has 156 valence electrons. The van der Waals surface area contributed by atoms with Gasteiger partial charge >= 0.3 is 5.97 Å². The molecule has 0 radical (unpaired) electrons. The molecule has 1 aliphatic rings. The van der Waals surface area contributed by atoms with Crippen LogP contribution < -0.4 is 4.74 Å². The van der Waals surface area contributed by atoms with Crippen LogP contribution >= 0.6 is 0 Å². The number of nitro benzene ring substituents is 1. The van der Waals surface area contributed by atoms with E-state index in [1.54, 1.807) is 38.1 Å². The van der Waals surface area contributed by atoms with Gasteiger partial charge in [-0.3, -0.25) is 15.1 Å². The molecule has 0 unspecified atom stereocenters. The molecule has 0 saturated heterocycles. The normalized spacial score (nSPS) is 16.2. The van der Waals surface area contributed by atoms with Crippen molar-refractivity contribution in [3.05, 3.63) is 81.5 Å². The molecule has 0 aromatic heterocycles. The van der Waals surface area contributed by atoms with Crippen LogP contribution in [0.15, 0.2) is 65.4 Å². The number of benzene rings is 2. The van der Waals surface area contributed by atoms with E-state index < -0.39 is 10.9 Å². The van der Waals surface area contributed by atoms with Gasteiger partial charge in [-0.2, -0.15) is 5.10 Å². The number of hydrogen-bond donors (Lipinski definition) is 0. The van der Waals surface area contributed by atoms with Crippen LogP contribution in [0.1, 0.15) is 37.4 Å². The molecule has 3 rings (SSSR count). The predicted molar refractivity (Wildman–Crippen MR) is 112 cm³/mol. The number of allylic oxidation sites excluding steroid dienone is 1. The number of esters is 1. The van der Waals surface area contributed by atoms with E-state index in [0.717, 1.165) is 22.6 Å². The molecular weight excluding hydrogens is 386 g/mol. The summed E-state index contributed by atoms with van der Waals surface area (Å²) in [6.45, 7) is 3.78. The Hall–Kier alpha value is -3.68. The summed E-state index contributed by atoms with van der Waals surface area (Å²) in [4.78, 5) is 22.7. The average molecular weight is 409 g/mol. The maximum absolute atomic E-state index is 11.9. The zero-order valence-corrected chi connectivity index (χ0v) is 17.1.